The summed E-state index contributed by atoms with van der Waals surface area (Å²) in [7, 11) is 0. The Morgan fingerprint density at radius 2 is 1.48 bits per heavy atom. The lowest BCUT2D eigenvalue weighted by atomic mass is 10.1. The molecule has 0 spiro atoms. The Hall–Kier alpha value is -3.34. The fourth-order valence-corrected chi connectivity index (χ4v) is 2.56. The third-order valence-corrected chi connectivity index (χ3v) is 3.67. The van der Waals surface area contributed by atoms with Crippen molar-refractivity contribution >= 4 is 39.6 Å². The molecule has 3 N–H and O–H groups in total. The highest BCUT2D eigenvalue weighted by Gasteiger charge is 2.04. The number of hydrogen-bond acceptors (Lipinski definition) is 3. The number of fused-ring (bicyclic) bond motifs is 1. The van der Waals surface area contributed by atoms with Crippen LogP contribution in [0.15, 0.2) is 66.7 Å². The van der Waals surface area contributed by atoms with Crippen LogP contribution in [-0.4, -0.2) is 18.4 Å². The average Bonchev–Trinajstić information content (AvgIpc) is 2.60. The Morgan fingerprint density at radius 3 is 2.28 bits per heavy atom. The van der Waals surface area contributed by atoms with Crippen molar-refractivity contribution in [2.24, 2.45) is 0 Å². The number of benzene rings is 3. The molecular weight excluding hydrogens is 314 g/mol. The minimum absolute atomic E-state index is 0.133. The Bertz CT molecular complexity index is 921. The molecule has 3 aromatic rings. The summed E-state index contributed by atoms with van der Waals surface area (Å²) in [4.78, 5) is 23.2. The van der Waals surface area contributed by atoms with Gasteiger partial charge in [-0.1, -0.05) is 36.4 Å². The molecule has 3 aromatic carbocycles. The van der Waals surface area contributed by atoms with E-state index in [0.717, 1.165) is 22.1 Å². The summed E-state index contributed by atoms with van der Waals surface area (Å²) < 4.78 is 0. The quantitative estimate of drug-likeness (QED) is 0.664. The van der Waals surface area contributed by atoms with Crippen molar-refractivity contribution in [2.75, 3.05) is 22.5 Å². The van der Waals surface area contributed by atoms with Crippen molar-refractivity contribution < 1.29 is 9.59 Å². The van der Waals surface area contributed by atoms with Gasteiger partial charge in [0, 0.05) is 24.0 Å². The molecule has 0 aromatic heterocycles. The second-order valence-electron chi connectivity index (χ2n) is 5.73. The Labute approximate surface area is 146 Å². The number of hydrogen-bond donors (Lipinski definition) is 3. The van der Waals surface area contributed by atoms with Crippen molar-refractivity contribution in [3.8, 4) is 0 Å². The first kappa shape index (κ1) is 16.5. The summed E-state index contributed by atoms with van der Waals surface area (Å²) in [6.07, 6.45) is 0. The van der Waals surface area contributed by atoms with Crippen molar-refractivity contribution in [2.45, 2.75) is 6.92 Å². The molecule has 0 bridgehead atoms. The van der Waals surface area contributed by atoms with E-state index in [1.54, 1.807) is 12.1 Å². The lowest BCUT2D eigenvalue weighted by Gasteiger charge is -2.10. The molecule has 0 aliphatic heterocycles. The molecule has 5 nitrogen and oxygen atoms in total. The molecule has 0 atom stereocenters. The number of rotatable bonds is 5. The van der Waals surface area contributed by atoms with Crippen LogP contribution in [0.3, 0.4) is 0 Å². The van der Waals surface area contributed by atoms with Crippen LogP contribution < -0.4 is 16.0 Å². The first-order valence-electron chi connectivity index (χ1n) is 8.00. The third kappa shape index (κ3) is 4.57. The number of carbonyl (C=O) groups excluding carboxylic acids is 2. The molecule has 0 aliphatic rings. The van der Waals surface area contributed by atoms with Gasteiger partial charge in [0.05, 0.1) is 6.54 Å². The van der Waals surface area contributed by atoms with Crippen LogP contribution in [0.25, 0.3) is 10.8 Å². The van der Waals surface area contributed by atoms with E-state index in [1.807, 2.05) is 54.6 Å². The van der Waals surface area contributed by atoms with Gasteiger partial charge in [0.2, 0.25) is 11.8 Å². The highest BCUT2D eigenvalue weighted by molar-refractivity contribution is 5.96. The lowest BCUT2D eigenvalue weighted by Crippen LogP contribution is -2.21. The van der Waals surface area contributed by atoms with E-state index in [4.69, 9.17) is 0 Å². The topological polar surface area (TPSA) is 70.2 Å². The third-order valence-electron chi connectivity index (χ3n) is 3.67. The molecule has 0 saturated heterocycles. The zero-order valence-corrected chi connectivity index (χ0v) is 13.9. The first-order chi connectivity index (χ1) is 12.1. The second kappa shape index (κ2) is 7.49. The first-order valence-corrected chi connectivity index (χ1v) is 8.00. The van der Waals surface area contributed by atoms with Crippen LogP contribution >= 0.6 is 0 Å². The van der Waals surface area contributed by atoms with E-state index >= 15 is 0 Å². The fraction of sp³-hybridized carbons (Fsp3) is 0.100. The summed E-state index contributed by atoms with van der Waals surface area (Å²) >= 11 is 0. The fourth-order valence-electron chi connectivity index (χ4n) is 2.56. The SMILES string of the molecule is CC(=O)Nc1cccc(NCC(=O)Nc2ccc3ccccc3c2)c1. The summed E-state index contributed by atoms with van der Waals surface area (Å²) in [6.45, 7) is 1.59. The summed E-state index contributed by atoms with van der Waals surface area (Å²) in [5.74, 6) is -0.272. The van der Waals surface area contributed by atoms with Crippen molar-refractivity contribution in [3.05, 3.63) is 66.7 Å². The van der Waals surface area contributed by atoms with Crippen LogP contribution in [0.2, 0.25) is 0 Å². The normalized spacial score (nSPS) is 10.3. The van der Waals surface area contributed by atoms with Gasteiger partial charge in [-0.2, -0.15) is 0 Å². The van der Waals surface area contributed by atoms with Crippen LogP contribution in [0.5, 0.6) is 0 Å². The molecule has 0 unspecified atom stereocenters. The van der Waals surface area contributed by atoms with Crippen molar-refractivity contribution in [1.82, 2.24) is 0 Å². The largest absolute Gasteiger partial charge is 0.376 e. The van der Waals surface area contributed by atoms with Gasteiger partial charge in [0.15, 0.2) is 0 Å². The van der Waals surface area contributed by atoms with E-state index in [2.05, 4.69) is 16.0 Å². The zero-order valence-electron chi connectivity index (χ0n) is 13.9. The number of carbonyl (C=O) groups is 2. The predicted molar refractivity (Wildman–Crippen MR) is 102 cm³/mol. The molecule has 126 valence electrons. The summed E-state index contributed by atoms with van der Waals surface area (Å²) in [6, 6.07) is 21.0. The van der Waals surface area contributed by atoms with Gasteiger partial charge in [-0.25, -0.2) is 0 Å². The molecule has 0 radical (unpaired) electrons. The van der Waals surface area contributed by atoms with Gasteiger partial charge >= 0.3 is 0 Å². The molecular formula is C20H19N3O2. The Kier molecular flexibility index (Phi) is 4.95. The number of nitrogens with one attached hydrogen (secondary N) is 3. The van der Waals surface area contributed by atoms with Gasteiger partial charge < -0.3 is 16.0 Å². The van der Waals surface area contributed by atoms with Crippen LogP contribution in [0, 0.1) is 0 Å². The average molecular weight is 333 g/mol. The van der Waals surface area contributed by atoms with Crippen LogP contribution in [-0.2, 0) is 9.59 Å². The molecule has 0 heterocycles. The van der Waals surface area contributed by atoms with Crippen LogP contribution in [0.1, 0.15) is 6.92 Å². The number of amides is 2. The zero-order chi connectivity index (χ0) is 17.6. The minimum Gasteiger partial charge on any atom is -0.376 e. The van der Waals surface area contributed by atoms with Crippen molar-refractivity contribution in [3.63, 3.8) is 0 Å². The van der Waals surface area contributed by atoms with E-state index in [1.165, 1.54) is 6.92 Å². The molecule has 2 amide bonds. The highest BCUT2D eigenvalue weighted by Crippen LogP contribution is 2.19. The molecule has 0 saturated carbocycles. The maximum absolute atomic E-state index is 12.1. The van der Waals surface area contributed by atoms with E-state index in [0.29, 0.717) is 5.69 Å². The smallest absolute Gasteiger partial charge is 0.243 e. The van der Waals surface area contributed by atoms with Crippen molar-refractivity contribution in [1.29, 1.82) is 0 Å². The maximum Gasteiger partial charge on any atom is 0.243 e. The lowest BCUT2D eigenvalue weighted by molar-refractivity contribution is -0.115. The van der Waals surface area contributed by atoms with Gasteiger partial charge in [0.25, 0.3) is 0 Å². The summed E-state index contributed by atoms with van der Waals surface area (Å²) in [5, 5.41) is 10.9. The van der Waals surface area contributed by atoms with Crippen LogP contribution in [0.4, 0.5) is 17.1 Å². The van der Waals surface area contributed by atoms with Gasteiger partial charge in [-0.3, -0.25) is 9.59 Å². The van der Waals surface area contributed by atoms with Gasteiger partial charge in [-0.05, 0) is 41.1 Å². The standard InChI is InChI=1S/C20H19N3O2/c1-14(24)22-18-8-4-7-17(12-18)21-13-20(25)23-19-10-9-15-5-2-3-6-16(15)11-19/h2-12,21H,13H2,1H3,(H,22,24)(H,23,25). The predicted octanol–water partition coefficient (Wildman–Crippen LogP) is 3.85. The summed E-state index contributed by atoms with van der Waals surface area (Å²) in [5.41, 5.74) is 2.21. The Morgan fingerprint density at radius 1 is 0.760 bits per heavy atom. The molecule has 25 heavy (non-hydrogen) atoms. The highest BCUT2D eigenvalue weighted by atomic mass is 16.2. The van der Waals surface area contributed by atoms with Gasteiger partial charge in [-0.15, -0.1) is 0 Å². The van der Waals surface area contributed by atoms with Gasteiger partial charge in [0.1, 0.15) is 0 Å². The molecule has 0 aliphatic carbocycles. The molecule has 3 rings (SSSR count). The monoisotopic (exact) mass is 333 g/mol. The van der Waals surface area contributed by atoms with E-state index in [-0.39, 0.29) is 18.4 Å². The maximum atomic E-state index is 12.1. The second-order valence-corrected chi connectivity index (χ2v) is 5.73. The van der Waals surface area contributed by atoms with E-state index in [9.17, 15) is 9.59 Å². The van der Waals surface area contributed by atoms with E-state index < -0.39 is 0 Å². The number of anilines is 3. The Balaban J connectivity index is 1.59. The molecule has 5 heteroatoms. The molecule has 0 fully saturated rings. The minimum atomic E-state index is -0.139.